The Labute approximate surface area is 179 Å². The quantitative estimate of drug-likeness (QED) is 0.278. The van der Waals surface area contributed by atoms with Gasteiger partial charge in [0.1, 0.15) is 11.5 Å². The number of benzene rings is 1. The van der Waals surface area contributed by atoms with Crippen molar-refractivity contribution in [3.63, 3.8) is 0 Å². The Morgan fingerprint density at radius 3 is 2.37 bits per heavy atom. The van der Waals surface area contributed by atoms with Crippen molar-refractivity contribution < 1.29 is 17.9 Å². The van der Waals surface area contributed by atoms with E-state index in [0.29, 0.717) is 12.5 Å². The molecule has 156 valence electrons. The van der Waals surface area contributed by atoms with Crippen LogP contribution in [0, 0.1) is 0 Å². The predicted octanol–water partition coefficient (Wildman–Crippen LogP) is 1.88. The summed E-state index contributed by atoms with van der Waals surface area (Å²) < 4.78 is 36.2. The maximum Gasteiger partial charge on any atom is 0.209 e. The summed E-state index contributed by atoms with van der Waals surface area (Å²) in [6.07, 6.45) is 1.14. The van der Waals surface area contributed by atoms with Gasteiger partial charge in [-0.1, -0.05) is 0 Å². The van der Waals surface area contributed by atoms with Crippen LogP contribution < -0.4 is 24.8 Å². The number of nitrogens with zero attached hydrogens (tertiary/aromatic N) is 1. The summed E-state index contributed by atoms with van der Waals surface area (Å²) >= 11 is 0. The number of sulfonamides is 1. The molecular formula is C17H31IN4O4S. The number of guanidine groups is 1. The molecule has 0 bridgehead atoms. The van der Waals surface area contributed by atoms with E-state index in [0.717, 1.165) is 23.3 Å². The summed E-state index contributed by atoms with van der Waals surface area (Å²) in [5.41, 5.74) is 0.255. The number of hydrogen-bond donors (Lipinski definition) is 3. The van der Waals surface area contributed by atoms with Crippen LogP contribution in [-0.2, 0) is 10.0 Å². The molecule has 0 aliphatic carbocycles. The van der Waals surface area contributed by atoms with E-state index in [1.807, 2.05) is 25.1 Å². The summed E-state index contributed by atoms with van der Waals surface area (Å²) in [6, 6.07) is 5.47. The third-order valence-corrected chi connectivity index (χ3v) is 4.56. The zero-order chi connectivity index (χ0) is 20.0. The fourth-order valence-electron chi connectivity index (χ4n) is 2.50. The third-order valence-electron chi connectivity index (χ3n) is 3.64. The Kier molecular flexibility index (Phi) is 10.4. The summed E-state index contributed by atoms with van der Waals surface area (Å²) in [6.45, 7) is 5.93. The van der Waals surface area contributed by atoms with Crippen molar-refractivity contribution in [1.82, 2.24) is 15.4 Å². The normalized spacial score (nSPS) is 13.4. The third kappa shape index (κ3) is 8.98. The SMILES string of the molecule is CN=C(NCC(C)(C)NS(C)(=O)=O)NC(C)c1cc(OC)ccc1OC.I. The fraction of sp³-hybridized carbons (Fsp3) is 0.588. The first-order valence-corrected chi connectivity index (χ1v) is 10.1. The average Bonchev–Trinajstić information content (AvgIpc) is 2.55. The first-order chi connectivity index (χ1) is 12.0. The Bertz CT molecular complexity index is 738. The van der Waals surface area contributed by atoms with Gasteiger partial charge in [0.15, 0.2) is 5.96 Å². The Morgan fingerprint density at radius 1 is 1.26 bits per heavy atom. The molecule has 0 saturated carbocycles. The highest BCUT2D eigenvalue weighted by Crippen LogP contribution is 2.29. The van der Waals surface area contributed by atoms with Crippen LogP contribution in [0.3, 0.4) is 0 Å². The van der Waals surface area contributed by atoms with Crippen LogP contribution in [0.15, 0.2) is 23.2 Å². The predicted molar refractivity (Wildman–Crippen MR) is 120 cm³/mol. The Balaban J connectivity index is 0.00000676. The van der Waals surface area contributed by atoms with Crippen LogP contribution >= 0.6 is 24.0 Å². The van der Waals surface area contributed by atoms with E-state index in [2.05, 4.69) is 20.3 Å². The van der Waals surface area contributed by atoms with Crippen molar-refractivity contribution in [2.45, 2.75) is 32.4 Å². The molecule has 0 aliphatic heterocycles. The van der Waals surface area contributed by atoms with Crippen LogP contribution in [0.5, 0.6) is 11.5 Å². The molecule has 0 spiro atoms. The van der Waals surface area contributed by atoms with Crippen molar-refractivity contribution in [3.05, 3.63) is 23.8 Å². The number of methoxy groups -OCH3 is 2. The molecule has 1 unspecified atom stereocenters. The molecule has 1 rings (SSSR count). The zero-order valence-electron chi connectivity index (χ0n) is 16.9. The fourth-order valence-corrected chi connectivity index (χ4v) is 3.57. The molecule has 0 aliphatic rings. The van der Waals surface area contributed by atoms with Gasteiger partial charge in [0, 0.05) is 24.7 Å². The van der Waals surface area contributed by atoms with Gasteiger partial charge in [-0.15, -0.1) is 24.0 Å². The lowest BCUT2D eigenvalue weighted by atomic mass is 10.1. The lowest BCUT2D eigenvalue weighted by molar-refractivity contribution is 0.394. The molecule has 27 heavy (non-hydrogen) atoms. The highest BCUT2D eigenvalue weighted by molar-refractivity contribution is 14.0. The average molecular weight is 514 g/mol. The summed E-state index contributed by atoms with van der Waals surface area (Å²) in [5.74, 6) is 2.02. The second-order valence-corrected chi connectivity index (χ2v) is 8.41. The first kappa shape index (κ1) is 25.7. The number of halogens is 1. The van der Waals surface area contributed by atoms with Gasteiger partial charge in [-0.2, -0.15) is 0 Å². The lowest BCUT2D eigenvalue weighted by Crippen LogP contribution is -2.53. The minimum absolute atomic E-state index is 0. The first-order valence-electron chi connectivity index (χ1n) is 8.19. The van der Waals surface area contributed by atoms with Crippen LogP contribution in [0.25, 0.3) is 0 Å². The molecule has 0 heterocycles. The zero-order valence-corrected chi connectivity index (χ0v) is 20.1. The molecule has 3 N–H and O–H groups in total. The van der Waals surface area contributed by atoms with E-state index in [1.54, 1.807) is 35.1 Å². The number of nitrogens with one attached hydrogen (secondary N) is 3. The van der Waals surface area contributed by atoms with Crippen molar-refractivity contribution >= 4 is 40.0 Å². The lowest BCUT2D eigenvalue weighted by Gasteiger charge is -2.27. The summed E-state index contributed by atoms with van der Waals surface area (Å²) in [4.78, 5) is 4.20. The number of rotatable bonds is 8. The molecule has 0 aromatic heterocycles. The van der Waals surface area contributed by atoms with Gasteiger partial charge < -0.3 is 20.1 Å². The smallest absolute Gasteiger partial charge is 0.209 e. The Hall–Kier alpha value is -1.27. The molecule has 10 heteroatoms. The maximum absolute atomic E-state index is 11.4. The second kappa shape index (κ2) is 10.9. The van der Waals surface area contributed by atoms with E-state index in [9.17, 15) is 8.42 Å². The molecule has 0 saturated heterocycles. The van der Waals surface area contributed by atoms with E-state index >= 15 is 0 Å². The monoisotopic (exact) mass is 514 g/mol. The van der Waals surface area contributed by atoms with Crippen LogP contribution in [0.4, 0.5) is 0 Å². The molecular weight excluding hydrogens is 483 g/mol. The number of hydrogen-bond acceptors (Lipinski definition) is 5. The number of aliphatic imine (C=N–C) groups is 1. The highest BCUT2D eigenvalue weighted by Gasteiger charge is 2.23. The minimum atomic E-state index is -3.30. The van der Waals surface area contributed by atoms with E-state index in [1.165, 1.54) is 0 Å². The molecule has 1 aromatic carbocycles. The molecule has 1 aromatic rings. The van der Waals surface area contributed by atoms with Gasteiger partial charge in [-0.05, 0) is 39.0 Å². The van der Waals surface area contributed by atoms with Crippen molar-refractivity contribution in [2.75, 3.05) is 34.1 Å². The van der Waals surface area contributed by atoms with Gasteiger partial charge in [-0.25, -0.2) is 13.1 Å². The molecule has 0 fully saturated rings. The van der Waals surface area contributed by atoms with E-state index < -0.39 is 15.6 Å². The standard InChI is InChI=1S/C17H30N4O4S.HI/c1-12(14-10-13(24-5)8-9-15(14)25-6)20-16(18-4)19-11-17(2,3)21-26(7,22)23;/h8-10,12,21H,11H2,1-7H3,(H2,18,19,20);1H. The molecule has 8 nitrogen and oxygen atoms in total. The van der Waals surface area contributed by atoms with Gasteiger partial charge in [0.2, 0.25) is 10.0 Å². The van der Waals surface area contributed by atoms with Gasteiger partial charge >= 0.3 is 0 Å². The van der Waals surface area contributed by atoms with Crippen molar-refractivity contribution in [1.29, 1.82) is 0 Å². The largest absolute Gasteiger partial charge is 0.497 e. The van der Waals surface area contributed by atoms with Crippen LogP contribution in [0.1, 0.15) is 32.4 Å². The van der Waals surface area contributed by atoms with E-state index in [4.69, 9.17) is 9.47 Å². The van der Waals surface area contributed by atoms with Gasteiger partial charge in [-0.3, -0.25) is 4.99 Å². The molecule has 0 radical (unpaired) electrons. The van der Waals surface area contributed by atoms with Gasteiger partial charge in [0.25, 0.3) is 0 Å². The van der Waals surface area contributed by atoms with Gasteiger partial charge in [0.05, 0.1) is 26.5 Å². The number of ether oxygens (including phenoxy) is 2. The van der Waals surface area contributed by atoms with E-state index in [-0.39, 0.29) is 30.0 Å². The summed E-state index contributed by atoms with van der Waals surface area (Å²) in [7, 11) is 1.58. The highest BCUT2D eigenvalue weighted by atomic mass is 127. The van der Waals surface area contributed by atoms with Crippen molar-refractivity contribution in [2.24, 2.45) is 4.99 Å². The summed E-state index contributed by atoms with van der Waals surface area (Å²) in [5, 5.41) is 6.41. The molecule has 1 atom stereocenters. The van der Waals surface area contributed by atoms with Crippen LogP contribution in [0.2, 0.25) is 0 Å². The second-order valence-electron chi connectivity index (χ2n) is 6.66. The minimum Gasteiger partial charge on any atom is -0.497 e. The van der Waals surface area contributed by atoms with Crippen molar-refractivity contribution in [3.8, 4) is 11.5 Å². The topological polar surface area (TPSA) is 101 Å². The Morgan fingerprint density at radius 2 is 1.89 bits per heavy atom. The van der Waals surface area contributed by atoms with Crippen LogP contribution in [-0.4, -0.2) is 54.0 Å². The molecule has 0 amide bonds. The maximum atomic E-state index is 11.4.